The topological polar surface area (TPSA) is 119 Å². The number of benzene rings is 3. The van der Waals surface area contributed by atoms with Crippen molar-refractivity contribution in [2.75, 3.05) is 13.2 Å². The monoisotopic (exact) mass is 707 g/mol. The van der Waals surface area contributed by atoms with Crippen molar-refractivity contribution < 1.29 is 37.0 Å². The lowest BCUT2D eigenvalue weighted by molar-refractivity contribution is -0.143. The summed E-state index contributed by atoms with van der Waals surface area (Å²) in [6.45, 7) is 13.6. The quantitative estimate of drug-likeness (QED) is 0.142. The SMILES string of the molecule is C#CC(O)[C@H](COC(C)=O)C[C@@H](CO[Si](c1ccccc1)(c1ccccc1)C(C)(C)C)N(C(=O)OC(C)(C)C)S(=O)(=O)c1ccc(C)cc1. The van der Waals surface area contributed by atoms with Crippen molar-refractivity contribution in [1.29, 1.82) is 0 Å². The average molecular weight is 708 g/mol. The zero-order chi connectivity index (χ0) is 36.6. The fraction of sp³-hybridized carbons (Fsp3) is 0.421. The Morgan fingerprint density at radius 2 is 1.39 bits per heavy atom. The molecular formula is C38H49NO8SSi. The van der Waals surface area contributed by atoms with Gasteiger partial charge in [-0.2, -0.15) is 4.31 Å². The first-order valence-corrected chi connectivity index (χ1v) is 19.5. The largest absolute Gasteiger partial charge is 0.465 e. The average Bonchev–Trinajstić information content (AvgIpc) is 3.02. The molecule has 0 aliphatic carbocycles. The van der Waals surface area contributed by atoms with Crippen LogP contribution in [0.4, 0.5) is 4.79 Å². The zero-order valence-electron chi connectivity index (χ0n) is 29.7. The van der Waals surface area contributed by atoms with Gasteiger partial charge in [0.25, 0.3) is 18.3 Å². The van der Waals surface area contributed by atoms with E-state index in [1.165, 1.54) is 19.1 Å². The molecule has 0 spiro atoms. The zero-order valence-corrected chi connectivity index (χ0v) is 31.5. The number of carbonyl (C=O) groups excluding carboxylic acids is 2. The minimum Gasteiger partial charge on any atom is -0.465 e. The van der Waals surface area contributed by atoms with E-state index in [4.69, 9.17) is 20.3 Å². The van der Waals surface area contributed by atoms with E-state index in [0.717, 1.165) is 15.9 Å². The Bertz CT molecular complexity index is 1650. The number of sulfonamides is 1. The van der Waals surface area contributed by atoms with Gasteiger partial charge in [-0.25, -0.2) is 13.2 Å². The van der Waals surface area contributed by atoms with Crippen LogP contribution in [-0.2, 0) is 28.7 Å². The van der Waals surface area contributed by atoms with Crippen molar-refractivity contribution in [3.63, 3.8) is 0 Å². The van der Waals surface area contributed by atoms with Crippen LogP contribution in [0.15, 0.2) is 89.8 Å². The number of aryl methyl sites for hydroxylation is 1. The van der Waals surface area contributed by atoms with Crippen molar-refractivity contribution in [2.45, 2.75) is 89.5 Å². The maximum atomic E-state index is 14.6. The summed E-state index contributed by atoms with van der Waals surface area (Å²) in [6.07, 6.45) is 2.87. The molecule has 1 amide bonds. The van der Waals surface area contributed by atoms with Gasteiger partial charge in [-0.05, 0) is 61.7 Å². The molecule has 0 aliphatic heterocycles. The van der Waals surface area contributed by atoms with Crippen LogP contribution >= 0.6 is 0 Å². The second-order valence-electron chi connectivity index (χ2n) is 14.1. The van der Waals surface area contributed by atoms with E-state index in [1.807, 2.05) is 67.6 Å². The summed E-state index contributed by atoms with van der Waals surface area (Å²) in [6, 6.07) is 24.4. The number of aliphatic hydroxyl groups is 1. The van der Waals surface area contributed by atoms with E-state index in [1.54, 1.807) is 32.9 Å². The van der Waals surface area contributed by atoms with Crippen LogP contribution in [0.3, 0.4) is 0 Å². The molecule has 49 heavy (non-hydrogen) atoms. The number of terminal acetylenes is 1. The van der Waals surface area contributed by atoms with Gasteiger partial charge in [-0.15, -0.1) is 6.42 Å². The van der Waals surface area contributed by atoms with E-state index in [2.05, 4.69) is 26.7 Å². The first-order chi connectivity index (χ1) is 22.8. The first kappa shape index (κ1) is 39.5. The van der Waals surface area contributed by atoms with Crippen LogP contribution in [0.2, 0.25) is 5.04 Å². The van der Waals surface area contributed by atoms with Gasteiger partial charge in [-0.3, -0.25) is 4.79 Å². The molecule has 1 unspecified atom stereocenters. The van der Waals surface area contributed by atoms with Crippen LogP contribution in [0.1, 0.15) is 60.5 Å². The molecule has 0 heterocycles. The lowest BCUT2D eigenvalue weighted by Crippen LogP contribution is -2.67. The third-order valence-corrected chi connectivity index (χ3v) is 14.9. The van der Waals surface area contributed by atoms with Crippen molar-refractivity contribution in [1.82, 2.24) is 4.31 Å². The molecule has 3 aromatic rings. The molecule has 11 heteroatoms. The van der Waals surface area contributed by atoms with Crippen LogP contribution in [-0.4, -0.2) is 69.2 Å². The van der Waals surface area contributed by atoms with Gasteiger partial charge in [0.15, 0.2) is 0 Å². The first-order valence-electron chi connectivity index (χ1n) is 16.2. The minimum absolute atomic E-state index is 0.131. The smallest absolute Gasteiger partial charge is 0.424 e. The number of ether oxygens (including phenoxy) is 2. The molecule has 0 aromatic heterocycles. The Morgan fingerprint density at radius 3 is 1.82 bits per heavy atom. The van der Waals surface area contributed by atoms with E-state index >= 15 is 0 Å². The van der Waals surface area contributed by atoms with Gasteiger partial charge in [0.2, 0.25) is 0 Å². The lowest BCUT2D eigenvalue weighted by atomic mass is 9.95. The fourth-order valence-electron chi connectivity index (χ4n) is 5.79. The van der Waals surface area contributed by atoms with Gasteiger partial charge in [0.1, 0.15) is 11.7 Å². The molecule has 264 valence electrons. The molecule has 0 bridgehead atoms. The summed E-state index contributed by atoms with van der Waals surface area (Å²) in [5.74, 6) is 0.709. The Kier molecular flexibility index (Phi) is 13.0. The Morgan fingerprint density at radius 1 is 0.878 bits per heavy atom. The highest BCUT2D eigenvalue weighted by Gasteiger charge is 2.51. The predicted molar refractivity (Wildman–Crippen MR) is 193 cm³/mol. The van der Waals surface area contributed by atoms with Gasteiger partial charge >= 0.3 is 12.1 Å². The number of esters is 1. The van der Waals surface area contributed by atoms with Crippen molar-refractivity contribution in [3.05, 3.63) is 90.5 Å². The summed E-state index contributed by atoms with van der Waals surface area (Å²) in [4.78, 5) is 25.8. The summed E-state index contributed by atoms with van der Waals surface area (Å²) in [5, 5.41) is 12.3. The number of rotatable bonds is 13. The van der Waals surface area contributed by atoms with Gasteiger partial charge in [0.05, 0.1) is 24.2 Å². The highest BCUT2D eigenvalue weighted by molar-refractivity contribution is 7.89. The molecule has 0 saturated carbocycles. The van der Waals surface area contributed by atoms with Crippen LogP contribution < -0.4 is 10.4 Å². The predicted octanol–water partition coefficient (Wildman–Crippen LogP) is 5.43. The number of carbonyl (C=O) groups is 2. The standard InChI is InChI=1S/C38H49NO8SSi/c1-10-35(41)30(26-45-29(3)40)25-31(39(36(42)47-37(4,5)6)48(43,44)32-23-21-28(2)22-24-32)27-46-49(38(7,8)9,33-17-13-11-14-18-33)34-19-15-12-16-20-34/h1,11-24,30-31,35,41H,25-27H2,2-9H3/t30-,31-,35?/m0/s1. The number of aliphatic hydroxyl groups excluding tert-OH is 1. The highest BCUT2D eigenvalue weighted by Crippen LogP contribution is 2.38. The van der Waals surface area contributed by atoms with Gasteiger partial charge < -0.3 is 19.0 Å². The molecular weight excluding hydrogens is 659 g/mol. The molecule has 0 fully saturated rings. The number of hydrogen-bond donors (Lipinski definition) is 1. The van der Waals surface area contributed by atoms with E-state index in [9.17, 15) is 23.1 Å². The normalized spacial score (nSPS) is 14.2. The van der Waals surface area contributed by atoms with E-state index in [-0.39, 0.29) is 24.5 Å². The molecule has 1 N–H and O–H groups in total. The van der Waals surface area contributed by atoms with Gasteiger partial charge in [-0.1, -0.05) is 105 Å². The lowest BCUT2D eigenvalue weighted by Gasteiger charge is -2.44. The number of hydrogen-bond acceptors (Lipinski definition) is 8. The molecule has 9 nitrogen and oxygen atoms in total. The van der Waals surface area contributed by atoms with Crippen LogP contribution in [0, 0.1) is 25.2 Å². The second kappa shape index (κ2) is 16.2. The number of amides is 1. The molecule has 0 saturated heterocycles. The molecule has 3 rings (SSSR count). The maximum absolute atomic E-state index is 14.6. The third kappa shape index (κ3) is 9.82. The summed E-state index contributed by atoms with van der Waals surface area (Å²) < 4.78 is 48.0. The number of nitrogens with zero attached hydrogens (tertiary/aromatic N) is 1. The Hall–Kier alpha value is -3.95. The summed E-state index contributed by atoms with van der Waals surface area (Å²) in [7, 11) is -7.85. The summed E-state index contributed by atoms with van der Waals surface area (Å²) >= 11 is 0. The van der Waals surface area contributed by atoms with Crippen molar-refractivity contribution in [2.24, 2.45) is 5.92 Å². The maximum Gasteiger partial charge on any atom is 0.424 e. The molecule has 0 aliphatic rings. The molecule has 3 atom stereocenters. The van der Waals surface area contributed by atoms with Crippen molar-refractivity contribution in [3.8, 4) is 12.3 Å². The fourth-order valence-corrected chi connectivity index (χ4v) is 11.9. The second-order valence-corrected chi connectivity index (χ2v) is 20.3. The highest BCUT2D eigenvalue weighted by atomic mass is 32.2. The van der Waals surface area contributed by atoms with Crippen molar-refractivity contribution >= 4 is 40.8 Å². The Balaban J connectivity index is 2.31. The molecule has 0 radical (unpaired) electrons. The minimum atomic E-state index is -4.58. The Labute approximate surface area is 292 Å². The van der Waals surface area contributed by atoms with Gasteiger partial charge in [0, 0.05) is 12.8 Å². The summed E-state index contributed by atoms with van der Waals surface area (Å²) in [5.41, 5.74) is -0.232. The van der Waals surface area contributed by atoms with Crippen LogP contribution in [0.5, 0.6) is 0 Å². The third-order valence-electron chi connectivity index (χ3n) is 8.08. The van der Waals surface area contributed by atoms with E-state index in [0.29, 0.717) is 4.31 Å². The van der Waals surface area contributed by atoms with Crippen LogP contribution in [0.25, 0.3) is 0 Å². The molecule has 3 aromatic carbocycles. The van der Waals surface area contributed by atoms with E-state index < -0.39 is 59.1 Å².